The molecule has 0 fully saturated rings. The molecule has 0 saturated heterocycles. The minimum Gasteiger partial charge on any atom is -0.445 e. The Morgan fingerprint density at radius 1 is 1.15 bits per heavy atom. The Morgan fingerprint density at radius 2 is 1.81 bits per heavy atom. The van der Waals surface area contributed by atoms with E-state index in [-0.39, 0.29) is 29.5 Å². The van der Waals surface area contributed by atoms with E-state index in [0.29, 0.717) is 6.42 Å². The molecular formula is C17H19N3O5S. The maximum absolute atomic E-state index is 12.4. The zero-order valence-corrected chi connectivity index (χ0v) is 14.7. The van der Waals surface area contributed by atoms with Gasteiger partial charge in [0.15, 0.2) is 0 Å². The Kier molecular flexibility index (Phi) is 6.67. The van der Waals surface area contributed by atoms with Crippen molar-refractivity contribution in [2.45, 2.75) is 17.9 Å². The van der Waals surface area contributed by atoms with Crippen molar-refractivity contribution in [3.8, 4) is 0 Å². The molecule has 0 aliphatic rings. The Labute approximate surface area is 151 Å². The van der Waals surface area contributed by atoms with Gasteiger partial charge in [0.25, 0.3) is 5.69 Å². The van der Waals surface area contributed by atoms with Gasteiger partial charge in [-0.2, -0.15) is 0 Å². The van der Waals surface area contributed by atoms with Gasteiger partial charge in [0.05, 0.1) is 14.7 Å². The van der Waals surface area contributed by atoms with E-state index in [1.807, 2.05) is 30.3 Å². The third kappa shape index (κ3) is 5.85. The number of ether oxygens (including phenoxy) is 1. The van der Waals surface area contributed by atoms with E-state index in [1.54, 1.807) is 0 Å². The number of nitro groups is 1. The zero-order chi connectivity index (χ0) is 19.0. The Morgan fingerprint density at radius 3 is 2.42 bits per heavy atom. The van der Waals surface area contributed by atoms with Crippen LogP contribution in [-0.4, -0.2) is 27.5 Å². The first-order valence-electron chi connectivity index (χ1n) is 7.84. The Bertz CT molecular complexity index is 852. The number of non-ortho nitro benzene ring substituents is 1. The number of amides is 1. The van der Waals surface area contributed by atoms with Crippen LogP contribution in [0.3, 0.4) is 0 Å². The van der Waals surface area contributed by atoms with Crippen LogP contribution in [-0.2, 0) is 21.1 Å². The molecule has 0 spiro atoms. The molecule has 2 rings (SSSR count). The van der Waals surface area contributed by atoms with Gasteiger partial charge in [-0.3, -0.25) is 10.1 Å². The van der Waals surface area contributed by atoms with Crippen molar-refractivity contribution in [2.75, 3.05) is 12.3 Å². The van der Waals surface area contributed by atoms with Crippen LogP contribution >= 0.6 is 0 Å². The van der Waals surface area contributed by atoms with Gasteiger partial charge >= 0.3 is 6.09 Å². The van der Waals surface area contributed by atoms with Gasteiger partial charge in [-0.05, 0) is 24.1 Å². The van der Waals surface area contributed by atoms with E-state index in [0.717, 1.165) is 5.56 Å². The van der Waals surface area contributed by atoms with Gasteiger partial charge in [0, 0.05) is 29.3 Å². The molecule has 2 N–H and O–H groups in total. The Balaban J connectivity index is 1.74. The second kappa shape index (κ2) is 8.95. The predicted octanol–water partition coefficient (Wildman–Crippen LogP) is 3.32. The molecule has 2 aromatic rings. The topological polar surface area (TPSA) is 122 Å². The first-order valence-corrected chi connectivity index (χ1v) is 9.57. The minimum absolute atomic E-state index is 0.0315. The highest BCUT2D eigenvalue weighted by Gasteiger charge is 2.13. The second-order valence-corrected chi connectivity index (χ2v) is 7.70. The maximum atomic E-state index is 12.4. The van der Waals surface area contributed by atoms with Crippen molar-refractivity contribution >= 4 is 21.5 Å². The first-order chi connectivity index (χ1) is 12.4. The summed E-state index contributed by atoms with van der Waals surface area (Å²) < 4.78 is 25.4. The number of carbonyl (C=O) groups excluding carboxylic acids is 1. The number of alkyl carbamates (subject to hydrolysis) is 1. The van der Waals surface area contributed by atoms with Crippen LogP contribution < -0.4 is 5.32 Å². The average molecular weight is 377 g/mol. The van der Waals surface area contributed by atoms with Crippen LogP contribution in [0.4, 0.5) is 10.5 Å². The molecule has 0 aromatic heterocycles. The van der Waals surface area contributed by atoms with Crippen LogP contribution in [0.15, 0.2) is 59.5 Å². The molecule has 8 nitrogen and oxygen atoms in total. The summed E-state index contributed by atoms with van der Waals surface area (Å²) in [7, 11) is -3.07. The van der Waals surface area contributed by atoms with Crippen LogP contribution in [0.25, 0.3) is 0 Å². The normalized spacial score (nSPS) is 12.8. The van der Waals surface area contributed by atoms with E-state index in [1.165, 1.54) is 24.3 Å². The standard InChI is InChI=1S/C17H19N3O5S/c18-26(24,16-9-7-15(8-10-16)20(22)23)12-4-11-19-17(21)25-13-14-5-2-1-3-6-14/h1-3,5-10,18H,4,11-13H2,(H,19,21). The van der Waals surface area contributed by atoms with Crippen LogP contribution in [0.1, 0.15) is 12.0 Å². The molecule has 1 unspecified atom stereocenters. The SMILES string of the molecule is N=S(=O)(CCCNC(=O)OCc1ccccc1)c1ccc([N+](=O)[O-])cc1. The van der Waals surface area contributed by atoms with Crippen LogP contribution in [0.2, 0.25) is 0 Å². The minimum atomic E-state index is -3.07. The number of nitro benzene ring substituents is 1. The molecule has 0 aliphatic heterocycles. The van der Waals surface area contributed by atoms with Crippen molar-refractivity contribution in [3.05, 3.63) is 70.3 Å². The van der Waals surface area contributed by atoms with E-state index in [9.17, 15) is 19.1 Å². The number of benzene rings is 2. The molecule has 0 radical (unpaired) electrons. The number of hydrogen-bond acceptors (Lipinski definition) is 6. The lowest BCUT2D eigenvalue weighted by molar-refractivity contribution is -0.384. The summed E-state index contributed by atoms with van der Waals surface area (Å²) in [5.41, 5.74) is 0.752. The highest BCUT2D eigenvalue weighted by molar-refractivity contribution is 7.92. The highest BCUT2D eigenvalue weighted by atomic mass is 32.2. The van der Waals surface area contributed by atoms with E-state index < -0.39 is 20.7 Å². The first kappa shape index (κ1) is 19.4. The fourth-order valence-electron chi connectivity index (χ4n) is 2.15. The van der Waals surface area contributed by atoms with Crippen molar-refractivity contribution < 1.29 is 18.7 Å². The van der Waals surface area contributed by atoms with Gasteiger partial charge in [0.2, 0.25) is 0 Å². The molecule has 2 aromatic carbocycles. The lowest BCUT2D eigenvalue weighted by atomic mass is 10.2. The maximum Gasteiger partial charge on any atom is 0.407 e. The van der Waals surface area contributed by atoms with Crippen LogP contribution in [0, 0.1) is 14.9 Å². The molecule has 9 heteroatoms. The summed E-state index contributed by atoms with van der Waals surface area (Å²) in [6.07, 6.45) is -0.264. The lowest BCUT2D eigenvalue weighted by Crippen LogP contribution is -2.26. The lowest BCUT2D eigenvalue weighted by Gasteiger charge is -2.09. The summed E-state index contributed by atoms with van der Waals surface area (Å²) in [5.74, 6) is 0.0315. The van der Waals surface area contributed by atoms with Crippen molar-refractivity contribution in [1.82, 2.24) is 5.32 Å². The second-order valence-electron chi connectivity index (χ2n) is 5.47. The molecule has 0 aliphatic carbocycles. The molecule has 0 saturated carbocycles. The molecular weight excluding hydrogens is 358 g/mol. The van der Waals surface area contributed by atoms with Crippen LogP contribution in [0.5, 0.6) is 0 Å². The van der Waals surface area contributed by atoms with Gasteiger partial charge in [-0.1, -0.05) is 30.3 Å². The monoisotopic (exact) mass is 377 g/mol. The quantitative estimate of drug-likeness (QED) is 0.415. The molecule has 26 heavy (non-hydrogen) atoms. The van der Waals surface area contributed by atoms with E-state index >= 15 is 0 Å². The number of hydrogen-bond donors (Lipinski definition) is 2. The third-order valence-corrected chi connectivity index (χ3v) is 5.42. The van der Waals surface area contributed by atoms with Gasteiger partial charge in [-0.15, -0.1) is 0 Å². The van der Waals surface area contributed by atoms with Crippen molar-refractivity contribution in [3.63, 3.8) is 0 Å². The zero-order valence-electron chi connectivity index (χ0n) is 13.9. The summed E-state index contributed by atoms with van der Waals surface area (Å²) in [4.78, 5) is 21.9. The number of rotatable bonds is 8. The fraction of sp³-hybridized carbons (Fsp3) is 0.235. The summed E-state index contributed by atoms with van der Waals surface area (Å²) >= 11 is 0. The molecule has 138 valence electrons. The summed E-state index contributed by atoms with van der Waals surface area (Å²) in [6, 6.07) is 14.3. The molecule has 0 bridgehead atoms. The predicted molar refractivity (Wildman–Crippen MR) is 96.3 cm³/mol. The third-order valence-electron chi connectivity index (χ3n) is 3.52. The van der Waals surface area contributed by atoms with E-state index in [2.05, 4.69) is 5.32 Å². The largest absolute Gasteiger partial charge is 0.445 e. The van der Waals surface area contributed by atoms with Crippen molar-refractivity contribution in [2.24, 2.45) is 0 Å². The van der Waals surface area contributed by atoms with Gasteiger partial charge in [-0.25, -0.2) is 13.8 Å². The number of nitrogens with zero attached hydrogens (tertiary/aromatic N) is 1. The highest BCUT2D eigenvalue weighted by Crippen LogP contribution is 2.17. The number of nitrogens with one attached hydrogen (secondary N) is 2. The molecule has 1 atom stereocenters. The van der Waals surface area contributed by atoms with E-state index in [4.69, 9.17) is 9.52 Å². The Hall–Kier alpha value is -2.94. The summed E-state index contributed by atoms with van der Waals surface area (Å²) in [6.45, 7) is 0.376. The molecule has 1 amide bonds. The number of carbonyl (C=O) groups is 1. The summed E-state index contributed by atoms with van der Waals surface area (Å²) in [5, 5.41) is 13.2. The molecule has 0 heterocycles. The van der Waals surface area contributed by atoms with Gasteiger partial charge in [0.1, 0.15) is 6.61 Å². The average Bonchev–Trinajstić information content (AvgIpc) is 2.64. The van der Waals surface area contributed by atoms with Gasteiger partial charge < -0.3 is 10.1 Å². The fourth-order valence-corrected chi connectivity index (χ4v) is 3.51. The smallest absolute Gasteiger partial charge is 0.407 e. The van der Waals surface area contributed by atoms with Crippen molar-refractivity contribution in [1.29, 1.82) is 4.78 Å².